The lowest BCUT2D eigenvalue weighted by Crippen LogP contribution is -2.31. The summed E-state index contributed by atoms with van der Waals surface area (Å²) < 4.78 is 9.83. The molecule has 1 heterocycles. The van der Waals surface area contributed by atoms with Gasteiger partial charge in [-0.05, 0) is 12.2 Å². The number of hydrogen-bond donors (Lipinski definition) is 2. The van der Waals surface area contributed by atoms with E-state index in [0.717, 1.165) is 0 Å². The maximum atomic E-state index is 5.78. The molecule has 0 saturated heterocycles. The molecule has 0 unspecified atom stereocenters. The SMILES string of the molecule is COCCNC(=S)Nc1nc(Cl)cc(OC)n1. The van der Waals surface area contributed by atoms with Gasteiger partial charge in [-0.25, -0.2) is 4.98 Å². The second-order valence-corrected chi connectivity index (χ2v) is 3.73. The van der Waals surface area contributed by atoms with Crippen LogP contribution in [0.25, 0.3) is 0 Å². The fourth-order valence-electron chi connectivity index (χ4n) is 0.970. The Morgan fingerprint density at radius 1 is 1.47 bits per heavy atom. The molecule has 0 radical (unpaired) electrons. The highest BCUT2D eigenvalue weighted by molar-refractivity contribution is 7.80. The van der Waals surface area contributed by atoms with E-state index in [4.69, 9.17) is 33.3 Å². The highest BCUT2D eigenvalue weighted by atomic mass is 35.5. The Morgan fingerprint density at radius 2 is 2.24 bits per heavy atom. The second-order valence-electron chi connectivity index (χ2n) is 2.93. The van der Waals surface area contributed by atoms with Crippen LogP contribution in [0.1, 0.15) is 0 Å². The van der Waals surface area contributed by atoms with Crippen molar-refractivity contribution < 1.29 is 9.47 Å². The summed E-state index contributed by atoms with van der Waals surface area (Å²) in [4.78, 5) is 7.99. The number of aromatic nitrogens is 2. The van der Waals surface area contributed by atoms with E-state index in [9.17, 15) is 0 Å². The molecule has 0 aromatic carbocycles. The van der Waals surface area contributed by atoms with E-state index in [0.29, 0.717) is 24.1 Å². The molecule has 17 heavy (non-hydrogen) atoms. The van der Waals surface area contributed by atoms with Crippen LogP contribution in [-0.2, 0) is 4.74 Å². The highest BCUT2D eigenvalue weighted by Crippen LogP contribution is 2.15. The summed E-state index contributed by atoms with van der Waals surface area (Å²) in [5.74, 6) is 0.649. The van der Waals surface area contributed by atoms with E-state index in [-0.39, 0.29) is 11.1 Å². The molecule has 6 nitrogen and oxygen atoms in total. The molecule has 0 aliphatic heterocycles. The summed E-state index contributed by atoms with van der Waals surface area (Å²) in [5.41, 5.74) is 0. The minimum atomic E-state index is 0.277. The molecule has 1 aromatic rings. The number of methoxy groups -OCH3 is 2. The normalized spacial score (nSPS) is 9.82. The van der Waals surface area contributed by atoms with Crippen molar-refractivity contribution in [1.29, 1.82) is 0 Å². The summed E-state index contributed by atoms with van der Waals surface area (Å²) in [5, 5.41) is 6.39. The van der Waals surface area contributed by atoms with Crippen LogP contribution in [-0.4, -0.2) is 42.5 Å². The number of halogens is 1. The molecule has 0 aliphatic rings. The maximum absolute atomic E-state index is 5.78. The van der Waals surface area contributed by atoms with Crippen molar-refractivity contribution >= 4 is 34.9 Å². The van der Waals surface area contributed by atoms with Crippen LogP contribution in [0.4, 0.5) is 5.95 Å². The lowest BCUT2D eigenvalue weighted by atomic mass is 10.6. The van der Waals surface area contributed by atoms with E-state index in [1.54, 1.807) is 7.11 Å². The number of anilines is 1. The zero-order valence-electron chi connectivity index (χ0n) is 9.49. The predicted octanol–water partition coefficient (Wildman–Crippen LogP) is 1.07. The van der Waals surface area contributed by atoms with Gasteiger partial charge in [0.1, 0.15) is 5.15 Å². The molecule has 0 saturated carbocycles. The monoisotopic (exact) mass is 276 g/mol. The Balaban J connectivity index is 2.55. The second kappa shape index (κ2) is 7.21. The molecule has 0 bridgehead atoms. The van der Waals surface area contributed by atoms with Crippen LogP contribution in [0.2, 0.25) is 5.15 Å². The van der Waals surface area contributed by atoms with E-state index < -0.39 is 0 Å². The quantitative estimate of drug-likeness (QED) is 0.474. The zero-order chi connectivity index (χ0) is 12.7. The maximum Gasteiger partial charge on any atom is 0.233 e. The van der Waals surface area contributed by atoms with Gasteiger partial charge in [0.2, 0.25) is 11.8 Å². The van der Waals surface area contributed by atoms with Crippen LogP contribution in [0.5, 0.6) is 5.88 Å². The van der Waals surface area contributed by atoms with Gasteiger partial charge in [-0.15, -0.1) is 0 Å². The fourth-order valence-corrected chi connectivity index (χ4v) is 1.34. The average Bonchev–Trinajstić information content (AvgIpc) is 2.28. The topological polar surface area (TPSA) is 68.3 Å². The summed E-state index contributed by atoms with van der Waals surface area (Å²) in [6, 6.07) is 1.51. The third-order valence-electron chi connectivity index (χ3n) is 1.70. The average molecular weight is 277 g/mol. The summed E-state index contributed by atoms with van der Waals surface area (Å²) in [6.07, 6.45) is 0. The van der Waals surface area contributed by atoms with Crippen molar-refractivity contribution in [1.82, 2.24) is 15.3 Å². The molecule has 1 rings (SSSR count). The number of nitrogens with zero attached hydrogens (tertiary/aromatic N) is 2. The van der Waals surface area contributed by atoms with Gasteiger partial charge in [0.25, 0.3) is 0 Å². The van der Waals surface area contributed by atoms with Crippen LogP contribution in [0, 0.1) is 0 Å². The molecule has 0 spiro atoms. The lowest BCUT2D eigenvalue weighted by Gasteiger charge is -2.09. The third-order valence-corrected chi connectivity index (χ3v) is 2.14. The van der Waals surface area contributed by atoms with Gasteiger partial charge in [0.05, 0.1) is 13.7 Å². The first-order valence-corrected chi connectivity index (χ1v) is 5.56. The summed E-state index contributed by atoms with van der Waals surface area (Å²) in [6.45, 7) is 1.15. The summed E-state index contributed by atoms with van der Waals surface area (Å²) in [7, 11) is 3.11. The molecule has 2 N–H and O–H groups in total. The molecule has 0 amide bonds. The molecule has 0 fully saturated rings. The Hall–Kier alpha value is -1.18. The number of ether oxygens (including phenoxy) is 2. The van der Waals surface area contributed by atoms with Crippen molar-refractivity contribution in [2.24, 2.45) is 0 Å². The van der Waals surface area contributed by atoms with Crippen molar-refractivity contribution in [3.8, 4) is 5.88 Å². The van der Waals surface area contributed by atoms with Crippen LogP contribution in [0.15, 0.2) is 6.07 Å². The Kier molecular flexibility index (Phi) is 5.88. The van der Waals surface area contributed by atoms with Crippen LogP contribution >= 0.6 is 23.8 Å². The molecular formula is C9H13ClN4O2S. The minimum Gasteiger partial charge on any atom is -0.481 e. The molecule has 1 aromatic heterocycles. The van der Waals surface area contributed by atoms with Gasteiger partial charge in [0.15, 0.2) is 5.11 Å². The van der Waals surface area contributed by atoms with E-state index in [1.165, 1.54) is 13.2 Å². The largest absolute Gasteiger partial charge is 0.481 e. The first-order valence-electron chi connectivity index (χ1n) is 4.78. The number of thiocarbonyl (C=S) groups is 1. The Morgan fingerprint density at radius 3 is 2.88 bits per heavy atom. The first kappa shape index (κ1) is 13.9. The van der Waals surface area contributed by atoms with Gasteiger partial charge in [-0.1, -0.05) is 11.6 Å². The van der Waals surface area contributed by atoms with Crippen molar-refractivity contribution in [2.45, 2.75) is 0 Å². The van der Waals surface area contributed by atoms with Crippen LogP contribution in [0.3, 0.4) is 0 Å². The molecule has 0 aliphatic carbocycles. The van der Waals surface area contributed by atoms with Crippen molar-refractivity contribution in [3.05, 3.63) is 11.2 Å². The van der Waals surface area contributed by atoms with Gasteiger partial charge in [0, 0.05) is 19.7 Å². The molecule has 8 heteroatoms. The van der Waals surface area contributed by atoms with E-state index in [1.807, 2.05) is 0 Å². The van der Waals surface area contributed by atoms with Crippen LogP contribution < -0.4 is 15.4 Å². The first-order chi connectivity index (χ1) is 8.15. The predicted molar refractivity (Wildman–Crippen MR) is 69.7 cm³/mol. The van der Waals surface area contributed by atoms with Crippen molar-refractivity contribution in [3.63, 3.8) is 0 Å². The van der Waals surface area contributed by atoms with E-state index >= 15 is 0 Å². The molecular weight excluding hydrogens is 264 g/mol. The molecule has 94 valence electrons. The van der Waals surface area contributed by atoms with Gasteiger partial charge in [-0.3, -0.25) is 0 Å². The fraction of sp³-hybridized carbons (Fsp3) is 0.444. The summed E-state index contributed by atoms with van der Waals surface area (Å²) >= 11 is 10.8. The van der Waals surface area contributed by atoms with Crippen molar-refractivity contribution in [2.75, 3.05) is 32.7 Å². The van der Waals surface area contributed by atoms with Gasteiger partial charge >= 0.3 is 0 Å². The smallest absolute Gasteiger partial charge is 0.233 e. The highest BCUT2D eigenvalue weighted by Gasteiger charge is 2.04. The van der Waals surface area contributed by atoms with E-state index in [2.05, 4.69) is 20.6 Å². The Labute approximate surface area is 110 Å². The van der Waals surface area contributed by atoms with Gasteiger partial charge < -0.3 is 20.1 Å². The third kappa shape index (κ3) is 5.12. The minimum absolute atomic E-state index is 0.277. The number of hydrogen-bond acceptors (Lipinski definition) is 5. The molecule has 0 atom stereocenters. The zero-order valence-corrected chi connectivity index (χ0v) is 11.1. The standard InChI is InChI=1S/C9H13ClN4O2S/c1-15-4-3-11-9(17)14-8-12-6(10)5-7(13-8)16-2/h5H,3-4H2,1-2H3,(H2,11,12,13,14,17). The number of nitrogens with one attached hydrogen (secondary N) is 2. The van der Waals surface area contributed by atoms with Gasteiger partial charge in [-0.2, -0.15) is 4.98 Å². The Bertz CT molecular complexity index is 391. The number of rotatable bonds is 5. The lowest BCUT2D eigenvalue weighted by molar-refractivity contribution is 0.204.